The highest BCUT2D eigenvalue weighted by molar-refractivity contribution is 7.92. The fourth-order valence-electron chi connectivity index (χ4n) is 2.73. The van der Waals surface area contributed by atoms with Gasteiger partial charge >= 0.3 is 0 Å². The van der Waals surface area contributed by atoms with Crippen molar-refractivity contribution in [1.82, 2.24) is 0 Å². The van der Waals surface area contributed by atoms with Crippen molar-refractivity contribution in [1.29, 1.82) is 0 Å². The van der Waals surface area contributed by atoms with E-state index in [0.29, 0.717) is 5.69 Å². The van der Waals surface area contributed by atoms with Crippen molar-refractivity contribution >= 4 is 33.0 Å². The number of anilines is 2. The molecule has 0 bridgehead atoms. The lowest BCUT2D eigenvalue weighted by atomic mass is 10.1. The normalized spacial score (nSPS) is 16.2. The molecule has 0 saturated carbocycles. The molecular formula is C17H17N3O6S. The minimum Gasteiger partial charge on any atom is -0.476 e. The molecule has 10 heteroatoms. The summed E-state index contributed by atoms with van der Waals surface area (Å²) in [5, 5.41) is 13.4. The predicted octanol–water partition coefficient (Wildman–Crippen LogP) is 2.07. The van der Waals surface area contributed by atoms with E-state index in [1.807, 2.05) is 6.92 Å². The van der Waals surface area contributed by atoms with E-state index in [9.17, 15) is 23.3 Å². The van der Waals surface area contributed by atoms with E-state index in [2.05, 4.69) is 5.32 Å². The van der Waals surface area contributed by atoms with Gasteiger partial charge in [-0.05, 0) is 30.7 Å². The quantitative estimate of drug-likeness (QED) is 0.629. The summed E-state index contributed by atoms with van der Waals surface area (Å²) >= 11 is 0. The lowest BCUT2D eigenvalue weighted by Crippen LogP contribution is -2.48. The first kappa shape index (κ1) is 18.6. The van der Waals surface area contributed by atoms with Crippen LogP contribution in [0.25, 0.3) is 0 Å². The molecule has 9 nitrogen and oxygen atoms in total. The third-order valence-electron chi connectivity index (χ3n) is 4.00. The van der Waals surface area contributed by atoms with Gasteiger partial charge in [0.25, 0.3) is 11.6 Å². The molecule has 1 aliphatic rings. The Morgan fingerprint density at radius 1 is 1.30 bits per heavy atom. The van der Waals surface area contributed by atoms with Gasteiger partial charge in [0.2, 0.25) is 10.0 Å². The molecule has 0 radical (unpaired) electrons. The number of aryl methyl sites for hydroxylation is 1. The number of nitro benzene ring substituents is 1. The number of non-ortho nitro benzene ring substituents is 1. The van der Waals surface area contributed by atoms with Gasteiger partial charge in [0.1, 0.15) is 5.75 Å². The predicted molar refractivity (Wildman–Crippen MR) is 99.5 cm³/mol. The molecule has 0 spiro atoms. The van der Waals surface area contributed by atoms with Crippen LogP contribution in [-0.2, 0) is 14.8 Å². The standard InChI is InChI=1S/C17H17N3O6S/c1-11-6-7-15-14(8-11)19(27(2,24)25)10-16(26-15)17(21)18-12-4-3-5-13(9-12)20(22)23/h3-9,16H,10H2,1-2H3,(H,18,21)/t16-/m1/s1. The van der Waals surface area contributed by atoms with Crippen molar-refractivity contribution in [2.24, 2.45) is 0 Å². The van der Waals surface area contributed by atoms with Crippen LogP contribution in [0.15, 0.2) is 42.5 Å². The molecule has 0 unspecified atom stereocenters. The first-order valence-electron chi connectivity index (χ1n) is 7.95. The molecule has 0 aliphatic carbocycles. The fourth-order valence-corrected chi connectivity index (χ4v) is 3.64. The minimum atomic E-state index is -3.63. The van der Waals surface area contributed by atoms with E-state index >= 15 is 0 Å². The second-order valence-corrected chi connectivity index (χ2v) is 8.08. The van der Waals surface area contributed by atoms with Crippen LogP contribution in [0.4, 0.5) is 17.1 Å². The average Bonchev–Trinajstić information content (AvgIpc) is 2.60. The second kappa shape index (κ2) is 6.88. The van der Waals surface area contributed by atoms with Crippen LogP contribution in [0.3, 0.4) is 0 Å². The van der Waals surface area contributed by atoms with E-state index in [4.69, 9.17) is 4.74 Å². The van der Waals surface area contributed by atoms with Crippen LogP contribution in [0, 0.1) is 17.0 Å². The van der Waals surface area contributed by atoms with Crippen LogP contribution < -0.4 is 14.4 Å². The number of sulfonamides is 1. The molecule has 1 heterocycles. The maximum atomic E-state index is 12.6. The fraction of sp³-hybridized carbons (Fsp3) is 0.235. The number of carbonyl (C=O) groups excluding carboxylic acids is 1. The van der Waals surface area contributed by atoms with Crippen LogP contribution in [0.5, 0.6) is 5.75 Å². The third-order valence-corrected chi connectivity index (χ3v) is 5.15. The van der Waals surface area contributed by atoms with Crippen LogP contribution in [0.1, 0.15) is 5.56 Å². The van der Waals surface area contributed by atoms with Gasteiger partial charge in [0, 0.05) is 17.8 Å². The number of hydrogen-bond acceptors (Lipinski definition) is 6. The first-order valence-corrected chi connectivity index (χ1v) is 9.80. The summed E-state index contributed by atoms with van der Waals surface area (Å²) in [6.45, 7) is 1.62. The number of ether oxygens (including phenoxy) is 1. The molecular weight excluding hydrogens is 374 g/mol. The number of nitro groups is 1. The maximum Gasteiger partial charge on any atom is 0.271 e. The van der Waals surface area contributed by atoms with Gasteiger partial charge in [-0.25, -0.2) is 8.42 Å². The highest BCUT2D eigenvalue weighted by atomic mass is 32.2. The molecule has 1 atom stereocenters. The van der Waals surface area contributed by atoms with Gasteiger partial charge in [0.05, 0.1) is 23.4 Å². The lowest BCUT2D eigenvalue weighted by Gasteiger charge is -2.34. The zero-order valence-corrected chi connectivity index (χ0v) is 15.4. The van der Waals surface area contributed by atoms with Crippen molar-refractivity contribution in [3.05, 3.63) is 58.1 Å². The van der Waals surface area contributed by atoms with Gasteiger partial charge in [-0.1, -0.05) is 12.1 Å². The highest BCUT2D eigenvalue weighted by Gasteiger charge is 2.35. The van der Waals surface area contributed by atoms with E-state index in [0.717, 1.165) is 16.1 Å². The van der Waals surface area contributed by atoms with Gasteiger partial charge in [-0.3, -0.25) is 19.2 Å². The molecule has 1 amide bonds. The number of benzene rings is 2. The van der Waals surface area contributed by atoms with E-state index in [1.165, 1.54) is 24.3 Å². The van der Waals surface area contributed by atoms with Crippen molar-refractivity contribution < 1.29 is 22.9 Å². The number of carbonyl (C=O) groups is 1. The average molecular weight is 391 g/mol. The zero-order valence-electron chi connectivity index (χ0n) is 14.6. The molecule has 3 rings (SSSR count). The lowest BCUT2D eigenvalue weighted by molar-refractivity contribution is -0.384. The smallest absolute Gasteiger partial charge is 0.271 e. The summed E-state index contributed by atoms with van der Waals surface area (Å²) in [4.78, 5) is 22.9. The molecule has 142 valence electrons. The molecule has 0 fully saturated rings. The molecule has 0 saturated heterocycles. The number of nitrogens with one attached hydrogen (secondary N) is 1. The largest absolute Gasteiger partial charge is 0.476 e. The summed E-state index contributed by atoms with van der Waals surface area (Å²) in [5.74, 6) is -0.327. The van der Waals surface area contributed by atoms with E-state index in [-0.39, 0.29) is 23.7 Å². The monoisotopic (exact) mass is 391 g/mol. The second-order valence-electron chi connectivity index (χ2n) is 6.17. The summed E-state index contributed by atoms with van der Waals surface area (Å²) in [6, 6.07) is 10.5. The van der Waals surface area contributed by atoms with Gasteiger partial charge in [-0.15, -0.1) is 0 Å². The number of nitrogens with zero attached hydrogens (tertiary/aromatic N) is 2. The summed E-state index contributed by atoms with van der Waals surface area (Å²) in [7, 11) is -3.63. The zero-order chi connectivity index (χ0) is 19.8. The molecule has 0 aromatic heterocycles. The number of hydrogen-bond donors (Lipinski definition) is 1. The van der Waals surface area contributed by atoms with Gasteiger partial charge in [0.15, 0.2) is 6.10 Å². The summed E-state index contributed by atoms with van der Waals surface area (Å²) < 4.78 is 31.1. The topological polar surface area (TPSA) is 119 Å². The number of fused-ring (bicyclic) bond motifs is 1. The minimum absolute atomic E-state index is 0.170. The van der Waals surface area contributed by atoms with Crippen molar-refractivity contribution in [2.45, 2.75) is 13.0 Å². The Morgan fingerprint density at radius 2 is 2.04 bits per heavy atom. The summed E-state index contributed by atoms with van der Waals surface area (Å²) in [5.41, 5.74) is 1.27. The van der Waals surface area contributed by atoms with Gasteiger partial charge < -0.3 is 10.1 Å². The van der Waals surface area contributed by atoms with E-state index in [1.54, 1.807) is 18.2 Å². The highest BCUT2D eigenvalue weighted by Crippen LogP contribution is 2.36. The van der Waals surface area contributed by atoms with Crippen LogP contribution in [0.2, 0.25) is 0 Å². The van der Waals surface area contributed by atoms with E-state index < -0.39 is 27.0 Å². The van der Waals surface area contributed by atoms with Crippen molar-refractivity contribution in [3.8, 4) is 5.75 Å². The summed E-state index contributed by atoms with van der Waals surface area (Å²) in [6.07, 6.45) is -0.0471. The van der Waals surface area contributed by atoms with Crippen LogP contribution in [-0.4, -0.2) is 38.2 Å². The van der Waals surface area contributed by atoms with Crippen molar-refractivity contribution in [2.75, 3.05) is 22.4 Å². The number of rotatable bonds is 4. The molecule has 2 aromatic carbocycles. The molecule has 1 N–H and O–H groups in total. The van der Waals surface area contributed by atoms with Crippen LogP contribution >= 0.6 is 0 Å². The number of amides is 1. The molecule has 2 aromatic rings. The molecule has 1 aliphatic heterocycles. The molecule has 27 heavy (non-hydrogen) atoms. The Kier molecular flexibility index (Phi) is 4.75. The third kappa shape index (κ3) is 4.00. The van der Waals surface area contributed by atoms with Gasteiger partial charge in [-0.2, -0.15) is 0 Å². The maximum absolute atomic E-state index is 12.6. The SMILES string of the molecule is Cc1ccc2c(c1)N(S(C)(=O)=O)C[C@H](C(=O)Nc1cccc([N+](=O)[O-])c1)O2. The Hall–Kier alpha value is -3.14. The Morgan fingerprint density at radius 3 is 2.70 bits per heavy atom. The Labute approximate surface area is 155 Å². The Bertz CT molecular complexity index is 1020. The first-order chi connectivity index (χ1) is 12.6. The Balaban J connectivity index is 1.87. The van der Waals surface area contributed by atoms with Crippen molar-refractivity contribution in [3.63, 3.8) is 0 Å².